The zero-order valence-electron chi connectivity index (χ0n) is 11.4. The summed E-state index contributed by atoms with van der Waals surface area (Å²) in [4.78, 5) is 2.77. The first-order valence-electron chi connectivity index (χ1n) is 6.52. The molecular formula is C11H21N3O4S. The van der Waals surface area contributed by atoms with Gasteiger partial charge in [0.2, 0.25) is 0 Å². The first-order chi connectivity index (χ1) is 8.98. The largest absolute Gasteiger partial charge is 0.375 e. The second-order valence-electron chi connectivity index (χ2n) is 4.73. The van der Waals surface area contributed by atoms with Crippen molar-refractivity contribution in [3.05, 3.63) is 10.4 Å². The van der Waals surface area contributed by atoms with Gasteiger partial charge in [-0.05, 0) is 24.8 Å². The monoisotopic (exact) mass is 291 g/mol. The van der Waals surface area contributed by atoms with Crippen molar-refractivity contribution in [2.24, 2.45) is 5.11 Å². The number of hydrogen-bond acceptors (Lipinski definition) is 5. The van der Waals surface area contributed by atoms with Crippen LogP contribution in [0.4, 0.5) is 0 Å². The Labute approximate surface area is 114 Å². The van der Waals surface area contributed by atoms with Gasteiger partial charge in [-0.25, -0.2) is 0 Å². The first-order valence-corrected chi connectivity index (χ1v) is 8.33. The van der Waals surface area contributed by atoms with Crippen LogP contribution in [0.2, 0.25) is 0 Å². The first kappa shape index (κ1) is 16.2. The summed E-state index contributed by atoms with van der Waals surface area (Å²) in [6.45, 7) is 2.62. The highest BCUT2D eigenvalue weighted by molar-refractivity contribution is 7.86. The van der Waals surface area contributed by atoms with Crippen LogP contribution in [0, 0.1) is 0 Å². The van der Waals surface area contributed by atoms with Crippen molar-refractivity contribution in [3.63, 3.8) is 0 Å². The molecule has 0 aromatic rings. The minimum Gasteiger partial charge on any atom is -0.375 e. The maximum Gasteiger partial charge on any atom is 0.264 e. The zero-order valence-corrected chi connectivity index (χ0v) is 12.2. The van der Waals surface area contributed by atoms with Gasteiger partial charge >= 0.3 is 0 Å². The van der Waals surface area contributed by atoms with Gasteiger partial charge in [0, 0.05) is 11.5 Å². The Morgan fingerprint density at radius 3 is 2.74 bits per heavy atom. The highest BCUT2D eigenvalue weighted by Gasteiger charge is 2.36. The predicted molar refractivity (Wildman–Crippen MR) is 71.1 cm³/mol. The molecular weight excluding hydrogens is 270 g/mol. The number of hydrogen-bond donors (Lipinski definition) is 0. The molecule has 0 saturated heterocycles. The average molecular weight is 291 g/mol. The van der Waals surface area contributed by atoms with Crippen molar-refractivity contribution in [1.29, 1.82) is 0 Å². The summed E-state index contributed by atoms with van der Waals surface area (Å²) in [5.41, 5.74) is 8.55. The lowest BCUT2D eigenvalue weighted by Crippen LogP contribution is -2.44. The van der Waals surface area contributed by atoms with Crippen molar-refractivity contribution in [1.82, 2.24) is 0 Å². The highest BCUT2D eigenvalue weighted by Crippen LogP contribution is 2.28. The van der Waals surface area contributed by atoms with Crippen molar-refractivity contribution < 1.29 is 17.3 Å². The van der Waals surface area contributed by atoms with Crippen LogP contribution < -0.4 is 0 Å². The Bertz CT molecular complexity index is 420. The molecule has 0 spiro atoms. The summed E-state index contributed by atoms with van der Waals surface area (Å²) >= 11 is 0. The van der Waals surface area contributed by atoms with Gasteiger partial charge in [0.25, 0.3) is 10.1 Å². The normalized spacial score (nSPS) is 27.8. The summed E-state index contributed by atoms with van der Waals surface area (Å²) < 4.78 is 33.4. The molecule has 3 atom stereocenters. The SMILES string of the molecule is CCCCO[C@H]1CCC[C@@H](N=[N+]=[N-])[C@@H]1OS(C)(=O)=O. The molecule has 1 aliphatic rings. The highest BCUT2D eigenvalue weighted by atomic mass is 32.2. The van der Waals surface area contributed by atoms with E-state index in [0.29, 0.717) is 13.0 Å². The van der Waals surface area contributed by atoms with E-state index < -0.39 is 22.3 Å². The van der Waals surface area contributed by atoms with Gasteiger partial charge in [0.15, 0.2) is 0 Å². The maximum atomic E-state index is 11.3. The van der Waals surface area contributed by atoms with Crippen molar-refractivity contribution in [2.45, 2.75) is 57.3 Å². The van der Waals surface area contributed by atoms with Crippen LogP contribution in [-0.4, -0.2) is 39.5 Å². The summed E-state index contributed by atoms with van der Waals surface area (Å²) in [5.74, 6) is 0. The van der Waals surface area contributed by atoms with Gasteiger partial charge in [0.05, 0.1) is 18.4 Å². The van der Waals surface area contributed by atoms with Crippen LogP contribution in [0.3, 0.4) is 0 Å². The standard InChI is InChI=1S/C11H21N3O4S/c1-3-4-8-17-10-7-5-6-9(13-14-12)11(10)18-19(2,15)16/h9-11H,3-8H2,1-2H3/t9-,10+,11+/m1/s1. The predicted octanol–water partition coefficient (Wildman–Crippen LogP) is 2.38. The molecule has 0 radical (unpaired) electrons. The van der Waals surface area contributed by atoms with Gasteiger partial charge in [-0.1, -0.05) is 24.9 Å². The van der Waals surface area contributed by atoms with Gasteiger partial charge in [0.1, 0.15) is 6.10 Å². The zero-order chi connectivity index (χ0) is 14.3. The van der Waals surface area contributed by atoms with Gasteiger partial charge < -0.3 is 4.74 Å². The molecule has 0 unspecified atom stereocenters. The van der Waals surface area contributed by atoms with Crippen LogP contribution in [-0.2, 0) is 19.0 Å². The second kappa shape index (κ2) is 7.69. The molecule has 0 aromatic carbocycles. The molecule has 0 amide bonds. The summed E-state index contributed by atoms with van der Waals surface area (Å²) in [7, 11) is -3.60. The fourth-order valence-electron chi connectivity index (χ4n) is 2.18. The summed E-state index contributed by atoms with van der Waals surface area (Å²) in [5, 5.41) is 3.64. The van der Waals surface area contributed by atoms with E-state index >= 15 is 0 Å². The fourth-order valence-corrected chi connectivity index (χ4v) is 2.84. The number of azide groups is 1. The lowest BCUT2D eigenvalue weighted by Gasteiger charge is -2.34. The molecule has 0 bridgehead atoms. The Morgan fingerprint density at radius 1 is 1.42 bits per heavy atom. The van der Waals surface area contributed by atoms with E-state index in [1.54, 1.807) is 0 Å². The van der Waals surface area contributed by atoms with E-state index in [1.165, 1.54) is 0 Å². The third kappa shape index (κ3) is 5.78. The van der Waals surface area contributed by atoms with Gasteiger partial charge in [-0.2, -0.15) is 8.42 Å². The maximum absolute atomic E-state index is 11.3. The van der Waals surface area contributed by atoms with Gasteiger partial charge in [-0.15, -0.1) is 0 Å². The van der Waals surface area contributed by atoms with Gasteiger partial charge in [-0.3, -0.25) is 4.18 Å². The topological polar surface area (TPSA) is 101 Å². The van der Waals surface area contributed by atoms with Crippen LogP contribution in [0.15, 0.2) is 5.11 Å². The van der Waals surface area contributed by atoms with Crippen LogP contribution in [0.5, 0.6) is 0 Å². The third-order valence-electron chi connectivity index (χ3n) is 3.05. The Hall–Kier alpha value is -0.820. The van der Waals surface area contributed by atoms with E-state index in [4.69, 9.17) is 14.5 Å². The molecule has 0 heterocycles. The molecule has 1 rings (SSSR count). The number of ether oxygens (including phenoxy) is 1. The van der Waals surface area contributed by atoms with E-state index in [0.717, 1.165) is 31.9 Å². The van der Waals surface area contributed by atoms with E-state index in [2.05, 4.69) is 16.9 Å². The van der Waals surface area contributed by atoms with Crippen molar-refractivity contribution in [2.75, 3.05) is 12.9 Å². The van der Waals surface area contributed by atoms with Crippen molar-refractivity contribution in [3.8, 4) is 0 Å². The summed E-state index contributed by atoms with van der Waals surface area (Å²) in [6, 6.07) is -0.486. The van der Waals surface area contributed by atoms with Crippen molar-refractivity contribution >= 4 is 10.1 Å². The second-order valence-corrected chi connectivity index (χ2v) is 6.33. The molecule has 110 valence electrons. The Kier molecular flexibility index (Phi) is 6.57. The van der Waals surface area contributed by atoms with E-state index in [-0.39, 0.29) is 6.10 Å². The molecule has 0 aromatic heterocycles. The Morgan fingerprint density at radius 2 is 2.16 bits per heavy atom. The third-order valence-corrected chi connectivity index (χ3v) is 3.62. The lowest BCUT2D eigenvalue weighted by atomic mass is 9.90. The molecule has 0 N–H and O–H groups in total. The molecule has 1 aliphatic carbocycles. The summed E-state index contributed by atoms with van der Waals surface area (Å²) in [6.07, 6.45) is 4.06. The average Bonchev–Trinajstić information content (AvgIpc) is 2.32. The smallest absolute Gasteiger partial charge is 0.264 e. The fraction of sp³-hybridized carbons (Fsp3) is 1.00. The van der Waals surface area contributed by atoms with Crippen LogP contribution in [0.25, 0.3) is 10.4 Å². The quantitative estimate of drug-likeness (QED) is 0.236. The molecule has 7 nitrogen and oxygen atoms in total. The van der Waals surface area contributed by atoms with Crippen LogP contribution in [0.1, 0.15) is 39.0 Å². The minimum absolute atomic E-state index is 0.328. The molecule has 0 aliphatic heterocycles. The molecule has 19 heavy (non-hydrogen) atoms. The molecule has 1 fully saturated rings. The minimum atomic E-state index is -3.60. The lowest BCUT2D eigenvalue weighted by molar-refractivity contribution is -0.0533. The molecule has 1 saturated carbocycles. The van der Waals surface area contributed by atoms with E-state index in [1.807, 2.05) is 0 Å². The number of unbranched alkanes of at least 4 members (excludes halogenated alkanes) is 1. The van der Waals surface area contributed by atoms with Crippen LogP contribution >= 0.6 is 0 Å². The van der Waals surface area contributed by atoms with E-state index in [9.17, 15) is 8.42 Å². The Balaban J connectivity index is 2.76. The molecule has 8 heteroatoms. The number of rotatable bonds is 7. The number of nitrogens with zero attached hydrogens (tertiary/aromatic N) is 3.